The van der Waals surface area contributed by atoms with Gasteiger partial charge in [-0.25, -0.2) is 4.79 Å². The molecule has 0 radical (unpaired) electrons. The van der Waals surface area contributed by atoms with Crippen molar-refractivity contribution in [1.29, 1.82) is 0 Å². The molecule has 1 saturated heterocycles. The summed E-state index contributed by atoms with van der Waals surface area (Å²) in [5.74, 6) is 3.75. The van der Waals surface area contributed by atoms with Gasteiger partial charge in [0.05, 0.1) is 18.8 Å². The fourth-order valence-corrected chi connectivity index (χ4v) is 10.9. The van der Waals surface area contributed by atoms with Gasteiger partial charge in [0.15, 0.2) is 0 Å². The van der Waals surface area contributed by atoms with Gasteiger partial charge in [0.1, 0.15) is 0 Å². The summed E-state index contributed by atoms with van der Waals surface area (Å²) in [6, 6.07) is 0. The lowest BCUT2D eigenvalue weighted by Gasteiger charge is -2.64. The number of ether oxygens (including phenoxy) is 1. The van der Waals surface area contributed by atoms with Crippen LogP contribution in [0.3, 0.4) is 0 Å². The van der Waals surface area contributed by atoms with E-state index in [-0.39, 0.29) is 23.7 Å². The molecule has 11 atom stereocenters. The average molecular weight is 518 g/mol. The molecule has 37 heavy (non-hydrogen) atoms. The standard InChI is InChI=1S/C32H55NO4/c1-5-23-27-20-22(34)13-15-32(27,4)26-14-16-31(3)24(11-12-25(31)28(26)29(23)35)21(2)10-9-19-37-30(36)33-17-7-6-8-18-33/h21-29,34-35H,5-20H2,1-4H3/t21-,22-,23-,24-,25+,26+,27+,28?,29-,31?,32-/m1/s1. The summed E-state index contributed by atoms with van der Waals surface area (Å²) in [4.78, 5) is 14.2. The Morgan fingerprint density at radius 3 is 2.41 bits per heavy atom. The molecule has 5 nitrogen and oxygen atoms in total. The van der Waals surface area contributed by atoms with Gasteiger partial charge in [-0.1, -0.05) is 34.1 Å². The molecular formula is C32H55NO4. The fraction of sp³-hybridized carbons (Fsp3) is 0.969. The van der Waals surface area contributed by atoms with E-state index in [1.54, 1.807) is 0 Å². The monoisotopic (exact) mass is 517 g/mol. The highest BCUT2D eigenvalue weighted by Gasteiger charge is 2.64. The molecule has 0 aromatic rings. The van der Waals surface area contributed by atoms with Crippen LogP contribution in [-0.2, 0) is 4.74 Å². The van der Waals surface area contributed by atoms with Crippen LogP contribution in [0, 0.1) is 52.3 Å². The van der Waals surface area contributed by atoms with E-state index in [4.69, 9.17) is 4.74 Å². The van der Waals surface area contributed by atoms with E-state index < -0.39 is 0 Å². The molecule has 5 aliphatic rings. The van der Waals surface area contributed by atoms with E-state index in [0.29, 0.717) is 53.4 Å². The Bertz CT molecular complexity index is 798. The average Bonchev–Trinajstić information content (AvgIpc) is 3.25. The summed E-state index contributed by atoms with van der Waals surface area (Å²) in [7, 11) is 0. The van der Waals surface area contributed by atoms with Gasteiger partial charge in [0, 0.05) is 13.1 Å². The first-order valence-electron chi connectivity index (χ1n) is 16.0. The van der Waals surface area contributed by atoms with Gasteiger partial charge in [-0.05, 0) is 129 Å². The van der Waals surface area contributed by atoms with E-state index in [1.807, 2.05) is 4.90 Å². The number of aliphatic hydroxyl groups is 2. The van der Waals surface area contributed by atoms with Crippen LogP contribution in [0.2, 0.25) is 0 Å². The minimum atomic E-state index is -0.216. The van der Waals surface area contributed by atoms with E-state index in [2.05, 4.69) is 27.7 Å². The van der Waals surface area contributed by atoms with E-state index >= 15 is 0 Å². The summed E-state index contributed by atoms with van der Waals surface area (Å²) in [6.45, 7) is 12.0. The Morgan fingerprint density at radius 1 is 0.973 bits per heavy atom. The highest BCUT2D eigenvalue weighted by molar-refractivity contribution is 5.67. The van der Waals surface area contributed by atoms with E-state index in [1.165, 1.54) is 32.1 Å². The Labute approximate surface area is 226 Å². The van der Waals surface area contributed by atoms with Crippen LogP contribution >= 0.6 is 0 Å². The van der Waals surface area contributed by atoms with Crippen LogP contribution in [-0.4, -0.2) is 53.1 Å². The normalized spacial score (nSPS) is 46.5. The molecule has 0 aromatic carbocycles. The quantitative estimate of drug-likeness (QED) is 0.387. The maximum absolute atomic E-state index is 12.4. The van der Waals surface area contributed by atoms with Crippen molar-refractivity contribution in [2.75, 3.05) is 19.7 Å². The molecule has 212 valence electrons. The van der Waals surface area contributed by atoms with E-state index in [0.717, 1.165) is 64.5 Å². The fourth-order valence-electron chi connectivity index (χ4n) is 10.9. The third-order valence-electron chi connectivity index (χ3n) is 12.8. The molecule has 2 N–H and O–H groups in total. The molecule has 2 unspecified atom stereocenters. The summed E-state index contributed by atoms with van der Waals surface area (Å²) >= 11 is 0. The second-order valence-corrected chi connectivity index (χ2v) is 14.4. The third-order valence-corrected chi connectivity index (χ3v) is 12.8. The lowest BCUT2D eigenvalue weighted by atomic mass is 9.41. The number of hydrogen-bond acceptors (Lipinski definition) is 4. The number of nitrogens with zero attached hydrogens (tertiary/aromatic N) is 1. The molecule has 0 spiro atoms. The predicted octanol–water partition coefficient (Wildman–Crippen LogP) is 6.65. The molecule has 5 heteroatoms. The summed E-state index contributed by atoms with van der Waals surface area (Å²) in [6.07, 6.45) is 14.0. The minimum absolute atomic E-state index is 0.114. The van der Waals surface area contributed by atoms with Gasteiger partial charge in [-0.15, -0.1) is 0 Å². The van der Waals surface area contributed by atoms with Gasteiger partial charge < -0.3 is 19.8 Å². The maximum Gasteiger partial charge on any atom is 0.409 e. The van der Waals surface area contributed by atoms with Crippen LogP contribution < -0.4 is 0 Å². The number of piperidine rings is 1. The van der Waals surface area contributed by atoms with Crippen LogP contribution in [0.4, 0.5) is 4.79 Å². The number of rotatable bonds is 6. The Balaban J connectivity index is 1.22. The highest BCUT2D eigenvalue weighted by Crippen LogP contribution is 2.69. The lowest BCUT2D eigenvalue weighted by Crippen LogP contribution is -2.62. The Morgan fingerprint density at radius 2 is 1.68 bits per heavy atom. The number of fused-ring (bicyclic) bond motifs is 5. The number of likely N-dealkylation sites (tertiary alicyclic amines) is 1. The van der Waals surface area contributed by atoms with Crippen molar-refractivity contribution in [2.24, 2.45) is 52.3 Å². The zero-order chi connectivity index (χ0) is 26.4. The zero-order valence-corrected chi connectivity index (χ0v) is 24.2. The topological polar surface area (TPSA) is 70.0 Å². The number of amides is 1. The Hall–Kier alpha value is -0.810. The first-order valence-corrected chi connectivity index (χ1v) is 16.0. The van der Waals surface area contributed by atoms with Crippen LogP contribution in [0.5, 0.6) is 0 Å². The van der Waals surface area contributed by atoms with Gasteiger partial charge in [-0.2, -0.15) is 0 Å². The second kappa shape index (κ2) is 11.0. The SMILES string of the molecule is CC[C@H]1[C@@H](O)C2[C@@H]3CC[C@H]([C@H](C)CCCOC(=O)N4CCCCC4)C3(C)CC[C@@H]2[C@@]2(C)CC[C@@H](O)C[C@@H]12. The summed E-state index contributed by atoms with van der Waals surface area (Å²) in [5, 5.41) is 22.4. The predicted molar refractivity (Wildman–Crippen MR) is 147 cm³/mol. The van der Waals surface area contributed by atoms with Crippen molar-refractivity contribution in [3.8, 4) is 0 Å². The van der Waals surface area contributed by atoms with Crippen molar-refractivity contribution < 1.29 is 19.7 Å². The molecule has 0 aromatic heterocycles. The number of carbonyl (C=O) groups excluding carboxylic acids is 1. The smallest absolute Gasteiger partial charge is 0.409 e. The van der Waals surface area contributed by atoms with Gasteiger partial charge in [0.2, 0.25) is 0 Å². The lowest BCUT2D eigenvalue weighted by molar-refractivity contribution is -0.203. The largest absolute Gasteiger partial charge is 0.449 e. The molecule has 4 aliphatic carbocycles. The highest BCUT2D eigenvalue weighted by atomic mass is 16.6. The van der Waals surface area contributed by atoms with Gasteiger partial charge in [0.25, 0.3) is 0 Å². The molecule has 0 bridgehead atoms. The van der Waals surface area contributed by atoms with Crippen molar-refractivity contribution >= 4 is 6.09 Å². The van der Waals surface area contributed by atoms with Crippen LogP contribution in [0.1, 0.15) is 111 Å². The molecule has 1 amide bonds. The maximum atomic E-state index is 12.4. The van der Waals surface area contributed by atoms with Gasteiger partial charge >= 0.3 is 6.09 Å². The molecule has 5 fully saturated rings. The van der Waals surface area contributed by atoms with Crippen molar-refractivity contribution in [1.82, 2.24) is 4.90 Å². The Kier molecular flexibility index (Phi) is 8.24. The molecule has 5 rings (SSSR count). The van der Waals surface area contributed by atoms with Crippen LogP contribution in [0.15, 0.2) is 0 Å². The molecule has 4 saturated carbocycles. The second-order valence-electron chi connectivity index (χ2n) is 14.4. The molecule has 1 aliphatic heterocycles. The first kappa shape index (κ1) is 27.7. The van der Waals surface area contributed by atoms with E-state index in [9.17, 15) is 15.0 Å². The van der Waals surface area contributed by atoms with Crippen molar-refractivity contribution in [3.05, 3.63) is 0 Å². The minimum Gasteiger partial charge on any atom is -0.449 e. The number of hydrogen-bond donors (Lipinski definition) is 2. The molecular weight excluding hydrogens is 462 g/mol. The van der Waals surface area contributed by atoms with Crippen molar-refractivity contribution in [3.63, 3.8) is 0 Å². The molecule has 1 heterocycles. The van der Waals surface area contributed by atoms with Gasteiger partial charge in [-0.3, -0.25) is 0 Å². The van der Waals surface area contributed by atoms with Crippen molar-refractivity contribution in [2.45, 2.75) is 123 Å². The zero-order valence-electron chi connectivity index (χ0n) is 24.2. The third kappa shape index (κ3) is 4.87. The first-order chi connectivity index (χ1) is 17.7. The number of aliphatic hydroxyl groups excluding tert-OH is 2. The summed E-state index contributed by atoms with van der Waals surface area (Å²) in [5.41, 5.74) is 0.578. The summed E-state index contributed by atoms with van der Waals surface area (Å²) < 4.78 is 5.64. The number of carbonyl (C=O) groups is 1. The van der Waals surface area contributed by atoms with Crippen LogP contribution in [0.25, 0.3) is 0 Å².